The monoisotopic (exact) mass is 264 g/mol. The normalized spacial score (nSPS) is 9.93. The van der Waals surface area contributed by atoms with Gasteiger partial charge < -0.3 is 10.5 Å². The van der Waals surface area contributed by atoms with Gasteiger partial charge in [0.05, 0.1) is 0 Å². The van der Waals surface area contributed by atoms with Crippen LogP contribution >= 0.6 is 15.9 Å². The van der Waals surface area contributed by atoms with Crippen molar-refractivity contribution in [2.75, 3.05) is 5.73 Å². The Kier molecular flexibility index (Phi) is 2.87. The maximum absolute atomic E-state index is 5.57. The van der Waals surface area contributed by atoms with Crippen LogP contribution in [0.5, 0.6) is 11.5 Å². The first-order chi connectivity index (χ1) is 7.24. The molecule has 4 heteroatoms. The molecule has 3 nitrogen and oxygen atoms in total. The van der Waals surface area contributed by atoms with Crippen molar-refractivity contribution in [1.82, 2.24) is 4.98 Å². The first-order valence-corrected chi connectivity index (χ1v) is 5.18. The molecule has 0 saturated heterocycles. The van der Waals surface area contributed by atoms with Crippen molar-refractivity contribution < 1.29 is 4.74 Å². The summed E-state index contributed by atoms with van der Waals surface area (Å²) in [5, 5.41) is 0. The molecule has 1 aromatic carbocycles. The second-order valence-corrected chi connectivity index (χ2v) is 3.89. The van der Waals surface area contributed by atoms with Gasteiger partial charge >= 0.3 is 0 Å². The number of halogens is 1. The van der Waals surface area contributed by atoms with E-state index in [1.54, 1.807) is 18.3 Å². The summed E-state index contributed by atoms with van der Waals surface area (Å²) < 4.78 is 6.59. The van der Waals surface area contributed by atoms with Crippen molar-refractivity contribution in [2.45, 2.75) is 0 Å². The van der Waals surface area contributed by atoms with Crippen LogP contribution in [-0.4, -0.2) is 4.98 Å². The van der Waals surface area contributed by atoms with Crippen molar-refractivity contribution in [3.8, 4) is 11.5 Å². The van der Waals surface area contributed by atoms with E-state index in [-0.39, 0.29) is 0 Å². The Balaban J connectivity index is 2.18. The molecule has 0 aliphatic rings. The molecular weight excluding hydrogens is 256 g/mol. The molecule has 0 fully saturated rings. The Morgan fingerprint density at radius 3 is 2.47 bits per heavy atom. The Morgan fingerprint density at radius 2 is 1.80 bits per heavy atom. The van der Waals surface area contributed by atoms with Crippen molar-refractivity contribution in [2.24, 2.45) is 0 Å². The minimum Gasteiger partial charge on any atom is -0.457 e. The molecule has 0 aliphatic heterocycles. The van der Waals surface area contributed by atoms with Crippen LogP contribution in [0.3, 0.4) is 0 Å². The number of hydrogen-bond acceptors (Lipinski definition) is 3. The predicted molar refractivity (Wildman–Crippen MR) is 62.9 cm³/mol. The van der Waals surface area contributed by atoms with Gasteiger partial charge in [-0.25, -0.2) is 4.98 Å². The average Bonchev–Trinajstić information content (AvgIpc) is 2.22. The number of benzene rings is 1. The first kappa shape index (κ1) is 9.98. The number of pyridine rings is 1. The summed E-state index contributed by atoms with van der Waals surface area (Å²) in [5.74, 6) is 1.90. The van der Waals surface area contributed by atoms with Crippen LogP contribution in [0.2, 0.25) is 0 Å². The molecule has 0 amide bonds. The fraction of sp³-hybridized carbons (Fsp3) is 0. The third-order valence-electron chi connectivity index (χ3n) is 1.80. The average molecular weight is 265 g/mol. The molecule has 0 bridgehead atoms. The molecule has 0 radical (unpaired) electrons. The molecule has 76 valence electrons. The third-order valence-corrected chi connectivity index (χ3v) is 2.33. The van der Waals surface area contributed by atoms with Gasteiger partial charge in [-0.2, -0.15) is 0 Å². The molecule has 15 heavy (non-hydrogen) atoms. The summed E-state index contributed by atoms with van der Waals surface area (Å²) in [6.45, 7) is 0. The van der Waals surface area contributed by atoms with Gasteiger partial charge in [-0.3, -0.25) is 0 Å². The molecule has 1 heterocycles. The highest BCUT2D eigenvalue weighted by atomic mass is 79.9. The fourth-order valence-electron chi connectivity index (χ4n) is 1.13. The lowest BCUT2D eigenvalue weighted by Gasteiger charge is -2.05. The van der Waals surface area contributed by atoms with Crippen LogP contribution in [0.15, 0.2) is 47.1 Å². The van der Waals surface area contributed by atoms with Crippen molar-refractivity contribution in [3.05, 3.63) is 47.1 Å². The summed E-state index contributed by atoms with van der Waals surface area (Å²) in [7, 11) is 0. The number of nitrogens with two attached hydrogens (primary N) is 1. The van der Waals surface area contributed by atoms with E-state index >= 15 is 0 Å². The van der Waals surface area contributed by atoms with Gasteiger partial charge in [0.2, 0.25) is 0 Å². The molecule has 2 rings (SSSR count). The Hall–Kier alpha value is -1.55. The summed E-state index contributed by atoms with van der Waals surface area (Å²) in [5.41, 5.74) is 5.54. The quantitative estimate of drug-likeness (QED) is 0.906. The highest BCUT2D eigenvalue weighted by molar-refractivity contribution is 9.10. The molecule has 2 N–H and O–H groups in total. The second-order valence-electron chi connectivity index (χ2n) is 2.97. The summed E-state index contributed by atoms with van der Waals surface area (Å²) in [4.78, 5) is 3.89. The van der Waals surface area contributed by atoms with E-state index in [1.807, 2.05) is 24.3 Å². The van der Waals surface area contributed by atoms with E-state index < -0.39 is 0 Å². The van der Waals surface area contributed by atoms with Crippen LogP contribution in [0, 0.1) is 0 Å². The van der Waals surface area contributed by atoms with Crippen LogP contribution in [-0.2, 0) is 0 Å². The first-order valence-electron chi connectivity index (χ1n) is 4.39. The van der Waals surface area contributed by atoms with E-state index in [4.69, 9.17) is 10.5 Å². The van der Waals surface area contributed by atoms with Gasteiger partial charge in [-0.05, 0) is 30.3 Å². The molecule has 0 saturated carbocycles. The van der Waals surface area contributed by atoms with Gasteiger partial charge in [0.1, 0.15) is 17.3 Å². The van der Waals surface area contributed by atoms with Crippen molar-refractivity contribution in [3.63, 3.8) is 0 Å². The zero-order valence-electron chi connectivity index (χ0n) is 7.85. The molecule has 1 aromatic heterocycles. The second kappa shape index (κ2) is 4.31. The zero-order valence-corrected chi connectivity index (χ0v) is 9.44. The van der Waals surface area contributed by atoms with Gasteiger partial charge in [-0.15, -0.1) is 0 Å². The van der Waals surface area contributed by atoms with E-state index in [0.29, 0.717) is 11.6 Å². The topological polar surface area (TPSA) is 48.1 Å². The minimum atomic E-state index is 0.449. The Labute approximate surface area is 96.0 Å². The minimum absolute atomic E-state index is 0.449. The number of nitrogens with zero attached hydrogens (tertiary/aromatic N) is 1. The smallest absolute Gasteiger partial charge is 0.132 e. The fourth-order valence-corrected chi connectivity index (χ4v) is 1.39. The number of ether oxygens (including phenoxy) is 1. The van der Waals surface area contributed by atoms with Crippen molar-refractivity contribution in [1.29, 1.82) is 0 Å². The standard InChI is InChI=1S/C11H9BrN2O/c12-8-1-3-9(4-2-8)15-10-5-6-14-11(13)7-10/h1-7H,(H2,13,14). The number of rotatable bonds is 2. The number of anilines is 1. The lowest BCUT2D eigenvalue weighted by molar-refractivity contribution is 0.482. The largest absolute Gasteiger partial charge is 0.457 e. The lowest BCUT2D eigenvalue weighted by Crippen LogP contribution is -1.90. The molecule has 0 unspecified atom stereocenters. The van der Waals surface area contributed by atoms with Gasteiger partial charge in [0, 0.05) is 16.7 Å². The Morgan fingerprint density at radius 1 is 1.07 bits per heavy atom. The van der Waals surface area contributed by atoms with Gasteiger partial charge in [0.25, 0.3) is 0 Å². The summed E-state index contributed by atoms with van der Waals surface area (Å²) in [6, 6.07) is 11.0. The van der Waals surface area contributed by atoms with E-state index in [9.17, 15) is 0 Å². The van der Waals surface area contributed by atoms with Gasteiger partial charge in [-0.1, -0.05) is 15.9 Å². The number of hydrogen-bond donors (Lipinski definition) is 1. The third kappa shape index (κ3) is 2.70. The number of nitrogen functional groups attached to an aromatic ring is 1. The molecular formula is C11H9BrN2O. The van der Waals surface area contributed by atoms with Gasteiger partial charge in [0.15, 0.2) is 0 Å². The van der Waals surface area contributed by atoms with Crippen LogP contribution in [0.4, 0.5) is 5.82 Å². The molecule has 0 aliphatic carbocycles. The zero-order chi connectivity index (χ0) is 10.7. The van der Waals surface area contributed by atoms with Crippen LogP contribution < -0.4 is 10.5 Å². The SMILES string of the molecule is Nc1cc(Oc2ccc(Br)cc2)ccn1. The van der Waals surface area contributed by atoms with E-state index in [0.717, 1.165) is 10.2 Å². The lowest BCUT2D eigenvalue weighted by atomic mass is 10.3. The number of aromatic nitrogens is 1. The molecule has 0 spiro atoms. The van der Waals surface area contributed by atoms with E-state index in [1.165, 1.54) is 0 Å². The van der Waals surface area contributed by atoms with Crippen LogP contribution in [0.1, 0.15) is 0 Å². The maximum atomic E-state index is 5.57. The molecule has 0 atom stereocenters. The Bertz CT molecular complexity index is 456. The van der Waals surface area contributed by atoms with Crippen LogP contribution in [0.25, 0.3) is 0 Å². The van der Waals surface area contributed by atoms with Crippen molar-refractivity contribution >= 4 is 21.7 Å². The summed E-state index contributed by atoms with van der Waals surface area (Å²) in [6.07, 6.45) is 1.61. The highest BCUT2D eigenvalue weighted by Gasteiger charge is 1.97. The highest BCUT2D eigenvalue weighted by Crippen LogP contribution is 2.23. The maximum Gasteiger partial charge on any atom is 0.132 e. The summed E-state index contributed by atoms with van der Waals surface area (Å²) >= 11 is 3.36. The molecule has 2 aromatic rings. The predicted octanol–water partition coefficient (Wildman–Crippen LogP) is 3.22. The van der Waals surface area contributed by atoms with E-state index in [2.05, 4.69) is 20.9 Å².